The van der Waals surface area contributed by atoms with E-state index in [0.29, 0.717) is 23.0 Å². The highest BCUT2D eigenvalue weighted by Crippen LogP contribution is 2.56. The third kappa shape index (κ3) is 5.90. The van der Waals surface area contributed by atoms with Crippen molar-refractivity contribution in [3.8, 4) is 73.6 Å². The second-order valence-electron chi connectivity index (χ2n) is 14.3. The molecule has 0 saturated carbocycles. The highest BCUT2D eigenvalue weighted by molar-refractivity contribution is 5.86. The zero-order valence-corrected chi connectivity index (χ0v) is 30.9. The molecule has 10 rings (SSSR count). The van der Waals surface area contributed by atoms with E-state index >= 15 is 0 Å². The van der Waals surface area contributed by atoms with E-state index in [1.165, 1.54) is 27.8 Å². The highest BCUT2D eigenvalue weighted by Gasteiger charge is 2.45. The standard InChI is InChI=1S/C53H34N4/c54-35-36-22-24-38(25-23-36)39-26-30-44(31-27-39)53(48-20-9-7-18-46(48)47-19-8-10-21-49(47)53)45-32-28-41(29-33-45)51-55-50(40-14-5-2-6-15-40)56-52(57-51)43-17-11-16-42(34-43)37-12-3-1-4-13-37/h1-34H. The van der Waals surface area contributed by atoms with Gasteiger partial charge in [-0.1, -0.05) is 188 Å². The van der Waals surface area contributed by atoms with Crippen LogP contribution in [0.1, 0.15) is 27.8 Å². The van der Waals surface area contributed by atoms with E-state index in [9.17, 15) is 5.26 Å². The normalized spacial score (nSPS) is 12.3. The average molecular weight is 727 g/mol. The first kappa shape index (κ1) is 33.8. The number of nitrogens with zero attached hydrogens (tertiary/aromatic N) is 4. The number of hydrogen-bond donors (Lipinski definition) is 0. The number of aromatic nitrogens is 3. The van der Waals surface area contributed by atoms with Crippen LogP contribution in [0.5, 0.6) is 0 Å². The molecule has 0 amide bonds. The molecule has 1 aromatic heterocycles. The van der Waals surface area contributed by atoms with E-state index in [1.54, 1.807) is 0 Å². The minimum Gasteiger partial charge on any atom is -0.208 e. The number of nitriles is 1. The Morgan fingerprint density at radius 1 is 0.333 bits per heavy atom. The minimum absolute atomic E-state index is 0.563. The predicted molar refractivity (Wildman–Crippen MR) is 229 cm³/mol. The second kappa shape index (κ2) is 14.2. The Bertz CT molecular complexity index is 2880. The summed E-state index contributed by atoms with van der Waals surface area (Å²) in [6.45, 7) is 0. The van der Waals surface area contributed by atoms with Crippen molar-refractivity contribution in [1.29, 1.82) is 5.26 Å². The van der Waals surface area contributed by atoms with Gasteiger partial charge in [-0.05, 0) is 73.8 Å². The van der Waals surface area contributed by atoms with Gasteiger partial charge in [-0.2, -0.15) is 5.26 Å². The van der Waals surface area contributed by atoms with Crippen LogP contribution in [0.25, 0.3) is 67.5 Å². The molecule has 0 radical (unpaired) electrons. The van der Waals surface area contributed by atoms with E-state index in [4.69, 9.17) is 15.0 Å². The summed E-state index contributed by atoms with van der Waals surface area (Å²) in [5.41, 5.74) is 14.6. The number of fused-ring (bicyclic) bond motifs is 3. The Morgan fingerprint density at radius 2 is 0.719 bits per heavy atom. The molecule has 0 bridgehead atoms. The third-order valence-electron chi connectivity index (χ3n) is 11.1. The first-order valence-corrected chi connectivity index (χ1v) is 19.1. The van der Waals surface area contributed by atoms with E-state index in [1.807, 2.05) is 60.7 Å². The molecule has 4 nitrogen and oxygen atoms in total. The zero-order chi connectivity index (χ0) is 38.2. The molecule has 1 aliphatic rings. The Kier molecular flexibility index (Phi) is 8.39. The molecule has 9 aromatic rings. The van der Waals surface area contributed by atoms with Crippen LogP contribution in [0.2, 0.25) is 0 Å². The molecule has 1 heterocycles. The lowest BCUT2D eigenvalue weighted by Gasteiger charge is -2.34. The number of hydrogen-bond acceptors (Lipinski definition) is 4. The van der Waals surface area contributed by atoms with Crippen LogP contribution >= 0.6 is 0 Å². The van der Waals surface area contributed by atoms with Crippen molar-refractivity contribution in [1.82, 2.24) is 15.0 Å². The lowest BCUT2D eigenvalue weighted by molar-refractivity contribution is 0.768. The lowest BCUT2D eigenvalue weighted by Crippen LogP contribution is -2.28. The van der Waals surface area contributed by atoms with Gasteiger partial charge in [-0.15, -0.1) is 0 Å². The summed E-state index contributed by atoms with van der Waals surface area (Å²) in [5, 5.41) is 9.34. The van der Waals surface area contributed by atoms with Gasteiger partial charge in [0.1, 0.15) is 0 Å². The van der Waals surface area contributed by atoms with Crippen LogP contribution in [0.4, 0.5) is 0 Å². The van der Waals surface area contributed by atoms with Crippen LogP contribution in [0.3, 0.4) is 0 Å². The Labute approximate surface area is 332 Å². The number of rotatable bonds is 7. The molecule has 1 aliphatic carbocycles. The smallest absolute Gasteiger partial charge is 0.164 e. The molecule has 0 N–H and O–H groups in total. The molecule has 0 spiro atoms. The third-order valence-corrected chi connectivity index (χ3v) is 11.1. The van der Waals surface area contributed by atoms with Crippen molar-refractivity contribution in [3.63, 3.8) is 0 Å². The largest absolute Gasteiger partial charge is 0.208 e. The highest BCUT2D eigenvalue weighted by atomic mass is 15.0. The summed E-state index contributed by atoms with van der Waals surface area (Å²) in [5.74, 6) is 1.86. The molecule has 57 heavy (non-hydrogen) atoms. The first-order chi connectivity index (χ1) is 28.2. The van der Waals surface area contributed by atoms with Gasteiger partial charge in [0.25, 0.3) is 0 Å². The maximum Gasteiger partial charge on any atom is 0.164 e. The quantitative estimate of drug-likeness (QED) is 0.164. The maximum absolute atomic E-state index is 9.34. The molecular formula is C53H34N4. The molecular weight excluding hydrogens is 693 g/mol. The van der Waals surface area contributed by atoms with Crippen molar-refractivity contribution >= 4 is 0 Å². The van der Waals surface area contributed by atoms with Crippen molar-refractivity contribution in [2.45, 2.75) is 5.41 Å². The van der Waals surface area contributed by atoms with Crippen LogP contribution in [0, 0.1) is 11.3 Å². The number of benzene rings is 8. The molecule has 0 aliphatic heterocycles. The van der Waals surface area contributed by atoms with Crippen molar-refractivity contribution in [2.24, 2.45) is 0 Å². The maximum atomic E-state index is 9.34. The molecule has 0 unspecified atom stereocenters. The van der Waals surface area contributed by atoms with Gasteiger partial charge < -0.3 is 0 Å². The summed E-state index contributed by atoms with van der Waals surface area (Å²) < 4.78 is 0. The predicted octanol–water partition coefficient (Wildman–Crippen LogP) is 12.4. The van der Waals surface area contributed by atoms with E-state index < -0.39 is 5.41 Å². The van der Waals surface area contributed by atoms with Gasteiger partial charge in [-0.3, -0.25) is 0 Å². The Balaban J connectivity index is 1.11. The van der Waals surface area contributed by atoms with Gasteiger partial charge in [0.15, 0.2) is 17.5 Å². The van der Waals surface area contributed by atoms with Crippen molar-refractivity contribution in [2.75, 3.05) is 0 Å². The summed E-state index contributed by atoms with van der Waals surface area (Å²) in [4.78, 5) is 15.2. The summed E-state index contributed by atoms with van der Waals surface area (Å²) in [6.07, 6.45) is 0. The topological polar surface area (TPSA) is 62.5 Å². The van der Waals surface area contributed by atoms with Gasteiger partial charge >= 0.3 is 0 Å². The molecule has 4 heteroatoms. The fraction of sp³-hybridized carbons (Fsp3) is 0.0189. The second-order valence-corrected chi connectivity index (χ2v) is 14.3. The van der Waals surface area contributed by atoms with E-state index in [-0.39, 0.29) is 0 Å². The van der Waals surface area contributed by atoms with Crippen LogP contribution < -0.4 is 0 Å². The van der Waals surface area contributed by atoms with E-state index in [0.717, 1.165) is 44.5 Å². The van der Waals surface area contributed by atoms with E-state index in [2.05, 4.69) is 152 Å². The minimum atomic E-state index is -0.563. The van der Waals surface area contributed by atoms with Gasteiger partial charge in [-0.25, -0.2) is 15.0 Å². The summed E-state index contributed by atoms with van der Waals surface area (Å²) >= 11 is 0. The van der Waals surface area contributed by atoms with Crippen molar-refractivity contribution < 1.29 is 0 Å². The average Bonchev–Trinajstić information content (AvgIpc) is 3.61. The monoisotopic (exact) mass is 726 g/mol. The molecule has 8 aromatic carbocycles. The van der Waals surface area contributed by atoms with Crippen LogP contribution in [0.15, 0.2) is 206 Å². The molecule has 0 atom stereocenters. The van der Waals surface area contributed by atoms with Gasteiger partial charge in [0, 0.05) is 16.7 Å². The summed E-state index contributed by atoms with van der Waals surface area (Å²) in [6, 6.07) is 74.1. The van der Waals surface area contributed by atoms with Gasteiger partial charge in [0.2, 0.25) is 0 Å². The summed E-state index contributed by atoms with van der Waals surface area (Å²) in [7, 11) is 0. The van der Waals surface area contributed by atoms with Crippen LogP contribution in [-0.4, -0.2) is 15.0 Å². The molecule has 266 valence electrons. The lowest BCUT2D eigenvalue weighted by atomic mass is 9.67. The zero-order valence-electron chi connectivity index (χ0n) is 30.9. The SMILES string of the molecule is N#Cc1ccc(-c2ccc(C3(c4ccc(-c5nc(-c6ccccc6)nc(-c6cccc(-c7ccccc7)c6)n5)cc4)c4ccccc4-c4ccccc43)cc2)cc1. The molecule has 0 fully saturated rings. The van der Waals surface area contributed by atoms with Gasteiger partial charge in [0.05, 0.1) is 17.0 Å². The van der Waals surface area contributed by atoms with Crippen LogP contribution in [-0.2, 0) is 5.41 Å². The fourth-order valence-corrected chi connectivity index (χ4v) is 8.36. The Hall–Kier alpha value is -7.74. The Morgan fingerprint density at radius 3 is 1.26 bits per heavy atom. The molecule has 0 saturated heterocycles. The first-order valence-electron chi connectivity index (χ1n) is 19.1. The van der Waals surface area contributed by atoms with Crippen molar-refractivity contribution in [3.05, 3.63) is 234 Å². The fourth-order valence-electron chi connectivity index (χ4n) is 8.36.